The summed E-state index contributed by atoms with van der Waals surface area (Å²) in [6.45, 7) is 2.92. The lowest BCUT2D eigenvalue weighted by Gasteiger charge is -2.44. The number of aromatic nitrogens is 2. The van der Waals surface area contributed by atoms with E-state index in [-0.39, 0.29) is 12.5 Å². The topological polar surface area (TPSA) is 87.6 Å². The van der Waals surface area contributed by atoms with E-state index in [4.69, 9.17) is 9.72 Å². The maximum atomic E-state index is 11.4. The molecule has 2 aromatic heterocycles. The number of anilines is 1. The van der Waals surface area contributed by atoms with Crippen LogP contribution in [0.15, 0.2) is 30.5 Å². The molecule has 7 heteroatoms. The largest absolute Gasteiger partial charge is 0.481 e. The van der Waals surface area contributed by atoms with E-state index >= 15 is 0 Å². The van der Waals surface area contributed by atoms with E-state index in [1.165, 1.54) is 30.5 Å². The zero-order chi connectivity index (χ0) is 21.6. The van der Waals surface area contributed by atoms with Gasteiger partial charge < -0.3 is 15.2 Å². The lowest BCUT2D eigenvalue weighted by molar-refractivity contribution is -0.139. The molecular weight excluding hydrogens is 392 g/mol. The maximum Gasteiger partial charge on any atom is 0.305 e. The van der Waals surface area contributed by atoms with E-state index < -0.39 is 5.97 Å². The minimum absolute atomic E-state index is 0.0960. The Hall–Kier alpha value is -2.67. The van der Waals surface area contributed by atoms with Gasteiger partial charge in [-0.3, -0.25) is 9.69 Å². The summed E-state index contributed by atoms with van der Waals surface area (Å²) in [5.41, 5.74) is 3.46. The van der Waals surface area contributed by atoms with E-state index in [0.29, 0.717) is 11.8 Å². The van der Waals surface area contributed by atoms with Crippen LogP contribution < -0.4 is 10.1 Å². The third-order valence-electron chi connectivity index (χ3n) is 6.39. The number of likely N-dealkylation sites (tertiary alicyclic amines) is 1. The van der Waals surface area contributed by atoms with E-state index in [1.54, 1.807) is 19.4 Å². The van der Waals surface area contributed by atoms with Gasteiger partial charge in [-0.05, 0) is 55.2 Å². The summed E-state index contributed by atoms with van der Waals surface area (Å²) in [7, 11) is 1.58. The molecule has 0 radical (unpaired) electrons. The maximum absolute atomic E-state index is 11.4. The Kier molecular flexibility index (Phi) is 7.02. The summed E-state index contributed by atoms with van der Waals surface area (Å²) >= 11 is 0. The predicted molar refractivity (Wildman–Crippen MR) is 119 cm³/mol. The van der Waals surface area contributed by atoms with Crippen LogP contribution in [0.4, 0.5) is 5.82 Å². The second-order valence-corrected chi connectivity index (χ2v) is 8.65. The monoisotopic (exact) mass is 424 g/mol. The van der Waals surface area contributed by atoms with Gasteiger partial charge in [0.05, 0.1) is 13.5 Å². The average molecular weight is 425 g/mol. The van der Waals surface area contributed by atoms with Crippen LogP contribution in [-0.2, 0) is 17.6 Å². The van der Waals surface area contributed by atoms with Crippen molar-refractivity contribution in [2.45, 2.75) is 51.0 Å². The number of carboxylic acids is 1. The summed E-state index contributed by atoms with van der Waals surface area (Å²) in [4.78, 5) is 22.7. The summed E-state index contributed by atoms with van der Waals surface area (Å²) in [5, 5.41) is 12.8. The van der Waals surface area contributed by atoms with E-state index in [0.717, 1.165) is 50.3 Å². The van der Waals surface area contributed by atoms with Crippen LogP contribution in [0.25, 0.3) is 0 Å². The van der Waals surface area contributed by atoms with E-state index in [2.05, 4.69) is 27.3 Å². The SMILES string of the molecule is COc1ccc([C@H](CC(=O)O)N2CC(CCCCc3ccc4c(n3)NCCC4)C2)cn1. The molecule has 2 aliphatic rings. The van der Waals surface area contributed by atoms with Gasteiger partial charge in [-0.1, -0.05) is 18.6 Å². The van der Waals surface area contributed by atoms with Gasteiger partial charge in [0.1, 0.15) is 5.82 Å². The Balaban J connectivity index is 1.22. The minimum atomic E-state index is -0.781. The van der Waals surface area contributed by atoms with Crippen LogP contribution in [0, 0.1) is 5.92 Å². The highest BCUT2D eigenvalue weighted by atomic mass is 16.5. The average Bonchev–Trinajstić information content (AvgIpc) is 2.76. The Morgan fingerprint density at radius 2 is 2.16 bits per heavy atom. The van der Waals surface area contributed by atoms with Crippen molar-refractivity contribution in [2.75, 3.05) is 32.1 Å². The minimum Gasteiger partial charge on any atom is -0.481 e. The van der Waals surface area contributed by atoms with Gasteiger partial charge in [0.15, 0.2) is 0 Å². The van der Waals surface area contributed by atoms with Crippen LogP contribution in [0.5, 0.6) is 5.88 Å². The fourth-order valence-electron chi connectivity index (χ4n) is 4.63. The Morgan fingerprint density at radius 3 is 2.90 bits per heavy atom. The zero-order valence-electron chi connectivity index (χ0n) is 18.2. The molecule has 1 atom stereocenters. The lowest BCUT2D eigenvalue weighted by atomic mass is 9.89. The summed E-state index contributed by atoms with van der Waals surface area (Å²) in [6, 6.07) is 8.00. The van der Waals surface area contributed by atoms with Crippen molar-refractivity contribution in [3.8, 4) is 5.88 Å². The van der Waals surface area contributed by atoms with Crippen LogP contribution in [0.3, 0.4) is 0 Å². The molecular formula is C24H32N4O3. The first-order chi connectivity index (χ1) is 15.1. The van der Waals surface area contributed by atoms with Crippen LogP contribution in [-0.4, -0.2) is 52.7 Å². The number of fused-ring (bicyclic) bond motifs is 1. The number of aliphatic carboxylic acids is 1. The van der Waals surface area contributed by atoms with Gasteiger partial charge in [-0.25, -0.2) is 9.97 Å². The number of methoxy groups -OCH3 is 1. The number of unbranched alkanes of at least 4 members (excludes halogenated alkanes) is 1. The van der Waals surface area contributed by atoms with Crippen molar-refractivity contribution in [1.82, 2.24) is 14.9 Å². The molecule has 31 heavy (non-hydrogen) atoms. The van der Waals surface area contributed by atoms with Crippen LogP contribution >= 0.6 is 0 Å². The number of nitrogens with zero attached hydrogens (tertiary/aromatic N) is 3. The summed E-state index contributed by atoms with van der Waals surface area (Å²) in [5.74, 6) is 1.48. The fourth-order valence-corrected chi connectivity index (χ4v) is 4.63. The lowest BCUT2D eigenvalue weighted by Crippen LogP contribution is -2.48. The molecule has 0 saturated carbocycles. The molecule has 1 saturated heterocycles. The van der Waals surface area contributed by atoms with Crippen molar-refractivity contribution >= 4 is 11.8 Å². The summed E-state index contributed by atoms with van der Waals surface area (Å²) in [6.07, 6.45) is 8.67. The molecule has 7 nitrogen and oxygen atoms in total. The summed E-state index contributed by atoms with van der Waals surface area (Å²) < 4.78 is 5.11. The molecule has 2 aromatic rings. The molecule has 2 aliphatic heterocycles. The second kappa shape index (κ2) is 10.1. The molecule has 0 unspecified atom stereocenters. The third-order valence-corrected chi connectivity index (χ3v) is 6.39. The standard InChI is InChI=1S/C24H32N4O3/c1-31-22-11-9-19(14-26-22)21(13-23(29)30)28-15-17(16-28)5-2-3-7-20-10-8-18-6-4-12-25-24(18)27-20/h8-11,14,17,21H,2-7,12-13,15-16H2,1H3,(H,25,27)(H,29,30)/t21-/m0/s1. The number of ether oxygens (including phenoxy) is 1. The molecule has 0 aliphatic carbocycles. The van der Waals surface area contributed by atoms with Crippen LogP contribution in [0.2, 0.25) is 0 Å². The van der Waals surface area contributed by atoms with Crippen LogP contribution in [0.1, 0.15) is 55.0 Å². The van der Waals surface area contributed by atoms with Gasteiger partial charge in [-0.2, -0.15) is 0 Å². The normalized spacial score (nSPS) is 17.3. The van der Waals surface area contributed by atoms with Gasteiger partial charge in [-0.15, -0.1) is 0 Å². The number of carbonyl (C=O) groups is 1. The number of hydrogen-bond acceptors (Lipinski definition) is 6. The highest BCUT2D eigenvalue weighted by molar-refractivity contribution is 5.68. The number of rotatable bonds is 10. The quantitative estimate of drug-likeness (QED) is 0.562. The number of aryl methyl sites for hydroxylation is 2. The first-order valence-corrected chi connectivity index (χ1v) is 11.3. The number of hydrogen-bond donors (Lipinski definition) is 2. The highest BCUT2D eigenvalue weighted by Gasteiger charge is 2.34. The highest BCUT2D eigenvalue weighted by Crippen LogP contribution is 2.33. The Morgan fingerprint density at radius 1 is 1.29 bits per heavy atom. The first kappa shape index (κ1) is 21.6. The number of pyridine rings is 2. The van der Waals surface area contributed by atoms with E-state index in [1.807, 2.05) is 6.07 Å². The van der Waals surface area contributed by atoms with Gasteiger partial charge in [0.25, 0.3) is 0 Å². The number of carboxylic acid groups (broad SMARTS) is 1. The molecule has 0 amide bonds. The van der Waals surface area contributed by atoms with Crippen molar-refractivity contribution in [3.05, 3.63) is 47.3 Å². The molecule has 4 rings (SSSR count). The number of nitrogens with one attached hydrogen (secondary N) is 1. The fraction of sp³-hybridized carbons (Fsp3) is 0.542. The van der Waals surface area contributed by atoms with Crippen molar-refractivity contribution < 1.29 is 14.6 Å². The van der Waals surface area contributed by atoms with Crippen molar-refractivity contribution in [1.29, 1.82) is 0 Å². The third kappa shape index (κ3) is 5.53. The van der Waals surface area contributed by atoms with Gasteiger partial charge >= 0.3 is 5.97 Å². The molecule has 0 aromatic carbocycles. The molecule has 1 fully saturated rings. The van der Waals surface area contributed by atoms with Crippen molar-refractivity contribution in [2.24, 2.45) is 5.92 Å². The first-order valence-electron chi connectivity index (χ1n) is 11.3. The molecule has 0 bridgehead atoms. The van der Waals surface area contributed by atoms with Gasteiger partial charge in [0.2, 0.25) is 5.88 Å². The molecule has 0 spiro atoms. The zero-order valence-corrected chi connectivity index (χ0v) is 18.2. The second-order valence-electron chi connectivity index (χ2n) is 8.65. The molecule has 4 heterocycles. The Bertz CT molecular complexity index is 881. The van der Waals surface area contributed by atoms with E-state index in [9.17, 15) is 9.90 Å². The Labute approximate surface area is 183 Å². The van der Waals surface area contributed by atoms with Gasteiger partial charge in [0, 0.05) is 43.6 Å². The predicted octanol–water partition coefficient (Wildman–Crippen LogP) is 3.70. The molecule has 2 N–H and O–H groups in total. The molecule has 166 valence electrons. The van der Waals surface area contributed by atoms with Crippen molar-refractivity contribution in [3.63, 3.8) is 0 Å². The smallest absolute Gasteiger partial charge is 0.305 e.